The van der Waals surface area contributed by atoms with E-state index in [9.17, 15) is 0 Å². The summed E-state index contributed by atoms with van der Waals surface area (Å²) in [6.07, 6.45) is 1.52. The van der Waals surface area contributed by atoms with Crippen LogP contribution in [0, 0.1) is 0 Å². The third-order valence-corrected chi connectivity index (χ3v) is 1.17. The standard InChI is InChI=1S/C6H13NO2/c1-3-4-6(8,9)5(2)7/h3,5,8-9H,1,4,7H2,2H3. The van der Waals surface area contributed by atoms with Gasteiger partial charge in [0, 0.05) is 6.42 Å². The van der Waals surface area contributed by atoms with Crippen molar-refractivity contribution in [3.63, 3.8) is 0 Å². The van der Waals surface area contributed by atoms with E-state index in [0.717, 1.165) is 0 Å². The van der Waals surface area contributed by atoms with Crippen molar-refractivity contribution in [1.82, 2.24) is 0 Å². The van der Waals surface area contributed by atoms with Gasteiger partial charge < -0.3 is 15.9 Å². The van der Waals surface area contributed by atoms with Gasteiger partial charge in [-0.25, -0.2) is 0 Å². The van der Waals surface area contributed by atoms with Gasteiger partial charge in [0.2, 0.25) is 0 Å². The molecule has 0 aromatic rings. The second-order valence-corrected chi connectivity index (χ2v) is 2.16. The highest BCUT2D eigenvalue weighted by molar-refractivity contribution is 4.83. The van der Waals surface area contributed by atoms with Crippen molar-refractivity contribution in [3.05, 3.63) is 12.7 Å². The van der Waals surface area contributed by atoms with Gasteiger partial charge in [-0.05, 0) is 6.92 Å². The van der Waals surface area contributed by atoms with Crippen LogP contribution in [0.3, 0.4) is 0 Å². The minimum atomic E-state index is -1.79. The summed E-state index contributed by atoms with van der Waals surface area (Å²) in [7, 11) is 0. The van der Waals surface area contributed by atoms with Crippen molar-refractivity contribution in [2.45, 2.75) is 25.2 Å². The first kappa shape index (κ1) is 8.62. The Labute approximate surface area is 54.8 Å². The van der Waals surface area contributed by atoms with Gasteiger partial charge in [0.1, 0.15) is 0 Å². The van der Waals surface area contributed by atoms with Gasteiger partial charge in [-0.1, -0.05) is 6.08 Å². The fourth-order valence-corrected chi connectivity index (χ4v) is 0.398. The number of hydrogen-bond acceptors (Lipinski definition) is 3. The highest BCUT2D eigenvalue weighted by atomic mass is 16.5. The van der Waals surface area contributed by atoms with Crippen LogP contribution in [0.5, 0.6) is 0 Å². The van der Waals surface area contributed by atoms with Gasteiger partial charge in [0.25, 0.3) is 0 Å². The lowest BCUT2D eigenvalue weighted by Gasteiger charge is -2.23. The van der Waals surface area contributed by atoms with E-state index >= 15 is 0 Å². The molecule has 0 saturated heterocycles. The number of rotatable bonds is 3. The maximum absolute atomic E-state index is 8.95. The largest absolute Gasteiger partial charge is 0.364 e. The normalized spacial score (nSPS) is 15.1. The van der Waals surface area contributed by atoms with E-state index in [1.165, 1.54) is 13.0 Å². The molecule has 1 unspecified atom stereocenters. The van der Waals surface area contributed by atoms with E-state index in [1.807, 2.05) is 0 Å². The molecule has 0 aliphatic rings. The van der Waals surface area contributed by atoms with E-state index < -0.39 is 11.8 Å². The molecule has 4 N–H and O–H groups in total. The molecule has 0 fully saturated rings. The van der Waals surface area contributed by atoms with E-state index in [0.29, 0.717) is 0 Å². The first-order valence-corrected chi connectivity index (χ1v) is 2.82. The van der Waals surface area contributed by atoms with E-state index in [4.69, 9.17) is 15.9 Å². The van der Waals surface area contributed by atoms with Crippen molar-refractivity contribution in [2.24, 2.45) is 5.73 Å². The van der Waals surface area contributed by atoms with Gasteiger partial charge in [0.15, 0.2) is 5.79 Å². The second kappa shape index (κ2) is 2.96. The predicted octanol–water partition coefficient (Wildman–Crippen LogP) is -0.409. The Morgan fingerprint density at radius 1 is 1.78 bits per heavy atom. The van der Waals surface area contributed by atoms with Crippen molar-refractivity contribution < 1.29 is 10.2 Å². The Morgan fingerprint density at radius 2 is 2.22 bits per heavy atom. The van der Waals surface area contributed by atoms with Crippen molar-refractivity contribution in [3.8, 4) is 0 Å². The summed E-state index contributed by atoms with van der Waals surface area (Å²) in [6, 6.07) is -0.643. The lowest BCUT2D eigenvalue weighted by atomic mass is 10.1. The minimum absolute atomic E-state index is 0.102. The average Bonchev–Trinajstić information content (AvgIpc) is 1.65. The molecule has 0 radical (unpaired) electrons. The number of hydrogen-bond donors (Lipinski definition) is 3. The zero-order chi connectivity index (χ0) is 7.49. The molecule has 0 rings (SSSR count). The molecular formula is C6H13NO2. The summed E-state index contributed by atoms with van der Waals surface area (Å²) in [5, 5.41) is 17.9. The topological polar surface area (TPSA) is 66.5 Å². The maximum atomic E-state index is 8.95. The molecule has 3 nitrogen and oxygen atoms in total. The molecule has 0 heterocycles. The first-order chi connectivity index (χ1) is 4.00. The highest BCUT2D eigenvalue weighted by Crippen LogP contribution is 2.08. The van der Waals surface area contributed by atoms with Gasteiger partial charge >= 0.3 is 0 Å². The van der Waals surface area contributed by atoms with Crippen LogP contribution in [0.1, 0.15) is 13.3 Å². The molecule has 3 heteroatoms. The molecule has 0 aliphatic carbocycles. The summed E-state index contributed by atoms with van der Waals surface area (Å²) < 4.78 is 0. The van der Waals surface area contributed by atoms with Crippen molar-refractivity contribution in [2.75, 3.05) is 0 Å². The van der Waals surface area contributed by atoms with Crippen LogP contribution in [0.15, 0.2) is 12.7 Å². The summed E-state index contributed by atoms with van der Waals surface area (Å²) in [4.78, 5) is 0. The Kier molecular flexibility index (Phi) is 2.84. The third kappa shape index (κ3) is 2.60. The second-order valence-electron chi connectivity index (χ2n) is 2.16. The predicted molar refractivity (Wildman–Crippen MR) is 35.6 cm³/mol. The maximum Gasteiger partial charge on any atom is 0.181 e. The van der Waals surface area contributed by atoms with Crippen molar-refractivity contribution >= 4 is 0 Å². The highest BCUT2D eigenvalue weighted by Gasteiger charge is 2.25. The fraction of sp³-hybridized carbons (Fsp3) is 0.667. The zero-order valence-corrected chi connectivity index (χ0v) is 5.54. The molecule has 0 aromatic heterocycles. The zero-order valence-electron chi connectivity index (χ0n) is 5.54. The lowest BCUT2D eigenvalue weighted by molar-refractivity contribution is -0.169. The van der Waals surface area contributed by atoms with E-state index in [1.54, 1.807) is 0 Å². The molecule has 0 aromatic carbocycles. The molecule has 0 amide bonds. The molecule has 54 valence electrons. The molecular weight excluding hydrogens is 118 g/mol. The smallest absolute Gasteiger partial charge is 0.181 e. The van der Waals surface area contributed by atoms with Crippen LogP contribution in [0.25, 0.3) is 0 Å². The lowest BCUT2D eigenvalue weighted by Crippen LogP contribution is -2.45. The Balaban J connectivity index is 3.84. The quantitative estimate of drug-likeness (QED) is 0.360. The van der Waals surface area contributed by atoms with E-state index in [2.05, 4.69) is 6.58 Å². The van der Waals surface area contributed by atoms with Crippen LogP contribution >= 0.6 is 0 Å². The van der Waals surface area contributed by atoms with Crippen LogP contribution in [-0.2, 0) is 0 Å². The van der Waals surface area contributed by atoms with Gasteiger partial charge in [-0.2, -0.15) is 0 Å². The van der Waals surface area contributed by atoms with E-state index in [-0.39, 0.29) is 6.42 Å². The van der Waals surface area contributed by atoms with Crippen LogP contribution < -0.4 is 5.73 Å². The Hall–Kier alpha value is -0.380. The molecule has 0 bridgehead atoms. The fourth-order valence-electron chi connectivity index (χ4n) is 0.398. The molecule has 0 saturated carbocycles. The summed E-state index contributed by atoms with van der Waals surface area (Å²) in [6.45, 7) is 4.88. The molecule has 1 atom stereocenters. The summed E-state index contributed by atoms with van der Waals surface area (Å²) in [5.74, 6) is -1.79. The minimum Gasteiger partial charge on any atom is -0.364 e. The van der Waals surface area contributed by atoms with Gasteiger partial charge in [-0.15, -0.1) is 6.58 Å². The van der Waals surface area contributed by atoms with Crippen LogP contribution in [0.2, 0.25) is 0 Å². The molecule has 0 aliphatic heterocycles. The third-order valence-electron chi connectivity index (χ3n) is 1.17. The van der Waals surface area contributed by atoms with Crippen LogP contribution in [-0.4, -0.2) is 22.0 Å². The molecule has 0 spiro atoms. The molecule has 9 heavy (non-hydrogen) atoms. The first-order valence-electron chi connectivity index (χ1n) is 2.82. The number of aliphatic hydroxyl groups is 2. The average molecular weight is 131 g/mol. The monoisotopic (exact) mass is 131 g/mol. The Morgan fingerprint density at radius 3 is 2.33 bits per heavy atom. The SMILES string of the molecule is C=CCC(O)(O)C(C)N. The van der Waals surface area contributed by atoms with Crippen LogP contribution in [0.4, 0.5) is 0 Å². The summed E-state index contributed by atoms with van der Waals surface area (Å²) in [5.41, 5.74) is 5.21. The number of nitrogens with two attached hydrogens (primary N) is 1. The van der Waals surface area contributed by atoms with Crippen molar-refractivity contribution in [1.29, 1.82) is 0 Å². The Bertz CT molecular complexity index is 99.2. The van der Waals surface area contributed by atoms with Gasteiger partial charge in [0.05, 0.1) is 6.04 Å². The summed E-state index contributed by atoms with van der Waals surface area (Å²) >= 11 is 0. The van der Waals surface area contributed by atoms with Gasteiger partial charge in [-0.3, -0.25) is 0 Å².